The molecular formula is C12H20N4O2S. The van der Waals surface area contributed by atoms with Gasteiger partial charge in [0.25, 0.3) is 0 Å². The van der Waals surface area contributed by atoms with Gasteiger partial charge in [-0.2, -0.15) is 9.40 Å². The molecule has 0 spiro atoms. The Hall–Kier alpha value is -1.36. The fourth-order valence-corrected chi connectivity index (χ4v) is 3.64. The summed E-state index contributed by atoms with van der Waals surface area (Å²) in [4.78, 5) is 0.227. The molecule has 0 aliphatic carbocycles. The fraction of sp³-hybridized carbons (Fsp3) is 0.583. The third-order valence-electron chi connectivity index (χ3n) is 2.64. The molecular weight excluding hydrogens is 264 g/mol. The molecule has 1 aromatic rings. The van der Waals surface area contributed by atoms with Gasteiger partial charge in [-0.15, -0.1) is 6.42 Å². The van der Waals surface area contributed by atoms with Crippen molar-refractivity contribution in [3.05, 3.63) is 11.4 Å². The lowest BCUT2D eigenvalue weighted by atomic mass is 10.4. The van der Waals surface area contributed by atoms with E-state index in [2.05, 4.69) is 21.4 Å². The highest BCUT2D eigenvalue weighted by atomic mass is 32.2. The zero-order chi connectivity index (χ0) is 14.5. The first-order valence-electron chi connectivity index (χ1n) is 6.11. The first-order chi connectivity index (χ1) is 8.98. The maximum absolute atomic E-state index is 12.6. The van der Waals surface area contributed by atoms with Crippen molar-refractivity contribution >= 4 is 10.0 Å². The third kappa shape index (κ3) is 3.35. The number of aryl methyl sites for hydroxylation is 1. The average Bonchev–Trinajstić information content (AvgIpc) is 2.71. The Morgan fingerprint density at radius 2 is 2.21 bits per heavy atom. The van der Waals surface area contributed by atoms with Crippen LogP contribution in [0.4, 0.5) is 0 Å². The van der Waals surface area contributed by atoms with Crippen molar-refractivity contribution in [2.45, 2.75) is 31.7 Å². The monoisotopic (exact) mass is 284 g/mol. The Bertz CT molecular complexity index is 557. The zero-order valence-electron chi connectivity index (χ0n) is 11.5. The Kier molecular flexibility index (Phi) is 5.54. The standard InChI is InChI=1S/C12H20N4O2S/c1-5-7-16(8-6-2)19(17,18)12-10(3)14-15-11(12)9-13-4/h1,13H,6-9H2,2-4H3,(H,14,15). The number of aromatic nitrogens is 2. The second-order valence-corrected chi connectivity index (χ2v) is 6.07. The molecule has 0 aliphatic heterocycles. The second-order valence-electron chi connectivity index (χ2n) is 4.20. The van der Waals surface area contributed by atoms with Gasteiger partial charge >= 0.3 is 0 Å². The highest BCUT2D eigenvalue weighted by molar-refractivity contribution is 7.89. The van der Waals surface area contributed by atoms with Crippen LogP contribution in [-0.2, 0) is 16.6 Å². The summed E-state index contributed by atoms with van der Waals surface area (Å²) in [5.74, 6) is 2.39. The molecule has 1 aromatic heterocycles. The Morgan fingerprint density at radius 3 is 2.74 bits per heavy atom. The number of sulfonamides is 1. The van der Waals surface area contributed by atoms with E-state index in [0.29, 0.717) is 30.9 Å². The van der Waals surface area contributed by atoms with Gasteiger partial charge in [-0.25, -0.2) is 8.42 Å². The van der Waals surface area contributed by atoms with Gasteiger partial charge in [0.05, 0.1) is 17.9 Å². The van der Waals surface area contributed by atoms with Crippen LogP contribution < -0.4 is 5.32 Å². The smallest absolute Gasteiger partial charge is 0.247 e. The number of H-pyrrole nitrogens is 1. The minimum atomic E-state index is -3.61. The largest absolute Gasteiger partial charge is 0.314 e. The van der Waals surface area contributed by atoms with Crippen molar-refractivity contribution in [1.29, 1.82) is 0 Å². The molecule has 0 fully saturated rings. The van der Waals surface area contributed by atoms with E-state index < -0.39 is 10.0 Å². The van der Waals surface area contributed by atoms with E-state index in [1.807, 2.05) is 6.92 Å². The van der Waals surface area contributed by atoms with Gasteiger partial charge in [-0.3, -0.25) is 5.10 Å². The van der Waals surface area contributed by atoms with Crippen molar-refractivity contribution in [1.82, 2.24) is 19.8 Å². The predicted octanol–water partition coefficient (Wildman–Crippen LogP) is 0.471. The molecule has 6 nitrogen and oxygen atoms in total. The first kappa shape index (κ1) is 15.7. The van der Waals surface area contributed by atoms with Gasteiger partial charge < -0.3 is 5.32 Å². The van der Waals surface area contributed by atoms with Crippen LogP contribution in [0.15, 0.2) is 4.90 Å². The fourth-order valence-electron chi connectivity index (χ4n) is 1.86. The molecule has 0 amide bonds. The molecule has 0 unspecified atom stereocenters. The van der Waals surface area contributed by atoms with Gasteiger partial charge in [0.1, 0.15) is 4.90 Å². The number of nitrogens with one attached hydrogen (secondary N) is 2. The van der Waals surface area contributed by atoms with Gasteiger partial charge in [0.2, 0.25) is 10.0 Å². The normalized spacial score (nSPS) is 11.7. The van der Waals surface area contributed by atoms with Crippen molar-refractivity contribution in [3.63, 3.8) is 0 Å². The molecule has 19 heavy (non-hydrogen) atoms. The van der Waals surface area contributed by atoms with Crippen molar-refractivity contribution in [3.8, 4) is 12.3 Å². The number of hydrogen-bond acceptors (Lipinski definition) is 4. The predicted molar refractivity (Wildman–Crippen MR) is 74.0 cm³/mol. The Balaban J connectivity index is 3.25. The minimum absolute atomic E-state index is 0.0692. The molecule has 0 aromatic carbocycles. The lowest BCUT2D eigenvalue weighted by Gasteiger charge is -2.19. The Morgan fingerprint density at radius 1 is 1.53 bits per heavy atom. The maximum Gasteiger partial charge on any atom is 0.247 e. The van der Waals surface area contributed by atoms with Crippen LogP contribution in [0.25, 0.3) is 0 Å². The summed E-state index contributed by atoms with van der Waals surface area (Å²) in [6, 6.07) is 0. The highest BCUT2D eigenvalue weighted by Crippen LogP contribution is 2.22. The van der Waals surface area contributed by atoms with Crippen LogP contribution in [0.1, 0.15) is 24.7 Å². The van der Waals surface area contributed by atoms with Gasteiger partial charge in [-0.05, 0) is 20.4 Å². The van der Waals surface area contributed by atoms with Crippen LogP contribution in [0.5, 0.6) is 0 Å². The van der Waals surface area contributed by atoms with Gasteiger partial charge in [-0.1, -0.05) is 12.8 Å². The van der Waals surface area contributed by atoms with E-state index in [9.17, 15) is 8.42 Å². The first-order valence-corrected chi connectivity index (χ1v) is 7.55. The Labute approximate surface area is 114 Å². The van der Waals surface area contributed by atoms with Crippen molar-refractivity contribution in [2.24, 2.45) is 0 Å². The molecule has 7 heteroatoms. The van der Waals surface area contributed by atoms with Gasteiger partial charge in [0, 0.05) is 13.1 Å². The molecule has 0 saturated heterocycles. The summed E-state index contributed by atoms with van der Waals surface area (Å²) < 4.78 is 26.6. The van der Waals surface area contributed by atoms with E-state index in [-0.39, 0.29) is 11.4 Å². The molecule has 0 saturated carbocycles. The minimum Gasteiger partial charge on any atom is -0.314 e. The molecule has 2 N–H and O–H groups in total. The second kappa shape index (κ2) is 6.70. The number of hydrogen-bond donors (Lipinski definition) is 2. The molecule has 1 heterocycles. The molecule has 0 bridgehead atoms. The third-order valence-corrected chi connectivity index (χ3v) is 4.69. The molecule has 106 valence electrons. The van der Waals surface area contributed by atoms with Crippen LogP contribution >= 0.6 is 0 Å². The summed E-state index contributed by atoms with van der Waals surface area (Å²) in [6.45, 7) is 4.46. The summed E-state index contributed by atoms with van der Waals surface area (Å²) in [5, 5.41) is 9.66. The quantitative estimate of drug-likeness (QED) is 0.714. The SMILES string of the molecule is C#CCN(CCC)S(=O)(=O)c1c(CNC)n[nH]c1C. The molecule has 0 radical (unpaired) electrons. The lowest BCUT2D eigenvalue weighted by molar-refractivity contribution is 0.444. The molecule has 0 aliphatic rings. The number of rotatable bonds is 7. The van der Waals surface area contributed by atoms with Crippen molar-refractivity contribution in [2.75, 3.05) is 20.1 Å². The van der Waals surface area contributed by atoms with E-state index in [1.54, 1.807) is 14.0 Å². The van der Waals surface area contributed by atoms with Crippen LogP contribution in [-0.4, -0.2) is 43.1 Å². The van der Waals surface area contributed by atoms with Crippen molar-refractivity contribution < 1.29 is 8.42 Å². The zero-order valence-corrected chi connectivity index (χ0v) is 12.3. The van der Waals surface area contributed by atoms with E-state index >= 15 is 0 Å². The number of aromatic amines is 1. The summed E-state index contributed by atoms with van der Waals surface area (Å²) in [7, 11) is -1.87. The number of terminal acetylenes is 1. The lowest BCUT2D eigenvalue weighted by Crippen LogP contribution is -2.33. The topological polar surface area (TPSA) is 78.1 Å². The van der Waals surface area contributed by atoms with E-state index in [0.717, 1.165) is 0 Å². The summed E-state index contributed by atoms with van der Waals surface area (Å²) in [6.07, 6.45) is 5.96. The average molecular weight is 284 g/mol. The van der Waals surface area contributed by atoms with E-state index in [4.69, 9.17) is 6.42 Å². The number of nitrogens with zero attached hydrogens (tertiary/aromatic N) is 2. The van der Waals surface area contributed by atoms with Gasteiger partial charge in [0.15, 0.2) is 0 Å². The van der Waals surface area contributed by atoms with Crippen LogP contribution in [0, 0.1) is 19.3 Å². The van der Waals surface area contributed by atoms with E-state index in [1.165, 1.54) is 4.31 Å². The molecule has 1 rings (SSSR count). The maximum atomic E-state index is 12.6. The highest BCUT2D eigenvalue weighted by Gasteiger charge is 2.29. The summed E-state index contributed by atoms with van der Waals surface area (Å²) >= 11 is 0. The molecule has 0 atom stereocenters. The van der Waals surface area contributed by atoms with Crippen LogP contribution in [0.2, 0.25) is 0 Å². The van der Waals surface area contributed by atoms with Crippen LogP contribution in [0.3, 0.4) is 0 Å². The summed E-state index contributed by atoms with van der Waals surface area (Å²) in [5.41, 5.74) is 1.02.